The topological polar surface area (TPSA) is 17.1 Å². The van der Waals surface area contributed by atoms with Crippen molar-refractivity contribution < 1.29 is 4.79 Å². The number of aryl methyl sites for hydroxylation is 1. The van der Waals surface area contributed by atoms with E-state index in [0.29, 0.717) is 6.42 Å². The molecule has 2 aromatic rings. The van der Waals surface area contributed by atoms with Gasteiger partial charge in [-0.15, -0.1) is 0 Å². The van der Waals surface area contributed by atoms with Crippen molar-refractivity contribution in [2.75, 3.05) is 0 Å². The van der Waals surface area contributed by atoms with Crippen LogP contribution in [0.5, 0.6) is 0 Å². The van der Waals surface area contributed by atoms with E-state index in [-0.39, 0.29) is 5.78 Å². The smallest absolute Gasteiger partial charge is 0.167 e. The molecule has 0 radical (unpaired) electrons. The van der Waals surface area contributed by atoms with Gasteiger partial charge in [0.1, 0.15) is 0 Å². The van der Waals surface area contributed by atoms with Gasteiger partial charge in [0.25, 0.3) is 0 Å². The summed E-state index contributed by atoms with van der Waals surface area (Å²) in [4.78, 5) is 12.8. The van der Waals surface area contributed by atoms with Crippen LogP contribution in [-0.4, -0.2) is 5.78 Å². The summed E-state index contributed by atoms with van der Waals surface area (Å²) in [6.07, 6.45) is 0.477. The fourth-order valence-electron chi connectivity index (χ4n) is 3.01. The Morgan fingerprint density at radius 3 is 1.86 bits per heavy atom. The van der Waals surface area contributed by atoms with E-state index in [1.165, 1.54) is 22.3 Å². The van der Waals surface area contributed by atoms with Crippen molar-refractivity contribution in [2.45, 2.75) is 48.0 Å². The average molecular weight is 280 g/mol. The summed E-state index contributed by atoms with van der Waals surface area (Å²) in [6.45, 7) is 12.6. The van der Waals surface area contributed by atoms with Gasteiger partial charge in [-0.05, 0) is 74.9 Å². The zero-order chi connectivity index (χ0) is 15.7. The Balaban J connectivity index is 2.45. The fourth-order valence-corrected chi connectivity index (χ4v) is 3.01. The molecular formula is C20H24O. The summed E-state index contributed by atoms with van der Waals surface area (Å²) in [5, 5.41) is 0. The van der Waals surface area contributed by atoms with Gasteiger partial charge in [0.15, 0.2) is 5.78 Å². The van der Waals surface area contributed by atoms with Crippen LogP contribution in [-0.2, 0) is 6.42 Å². The van der Waals surface area contributed by atoms with Crippen LogP contribution >= 0.6 is 0 Å². The molecule has 0 bridgehead atoms. The maximum absolute atomic E-state index is 12.8. The van der Waals surface area contributed by atoms with Crippen LogP contribution in [0.2, 0.25) is 0 Å². The van der Waals surface area contributed by atoms with Crippen LogP contribution in [0.1, 0.15) is 49.3 Å². The first kappa shape index (κ1) is 15.5. The van der Waals surface area contributed by atoms with Gasteiger partial charge in [-0.3, -0.25) is 4.79 Å². The highest BCUT2D eigenvalue weighted by atomic mass is 16.1. The Labute approximate surface area is 128 Å². The number of rotatable bonds is 3. The van der Waals surface area contributed by atoms with Crippen molar-refractivity contribution in [1.82, 2.24) is 0 Å². The third kappa shape index (κ3) is 2.92. The van der Waals surface area contributed by atoms with Crippen molar-refractivity contribution in [3.8, 4) is 0 Å². The summed E-state index contributed by atoms with van der Waals surface area (Å²) in [7, 11) is 0. The molecule has 0 unspecified atom stereocenters. The second-order valence-electron chi connectivity index (χ2n) is 6.09. The molecular weight excluding hydrogens is 256 g/mol. The Morgan fingerprint density at radius 1 is 0.810 bits per heavy atom. The van der Waals surface area contributed by atoms with Crippen molar-refractivity contribution in [3.63, 3.8) is 0 Å². The minimum absolute atomic E-state index is 0.224. The highest BCUT2D eigenvalue weighted by molar-refractivity contribution is 6.00. The lowest BCUT2D eigenvalue weighted by Crippen LogP contribution is -2.11. The monoisotopic (exact) mass is 280 g/mol. The SMILES string of the molecule is Cc1cccc(CC(=O)c2c(C)c(C)c(C)c(C)c2C)c1. The van der Waals surface area contributed by atoms with Gasteiger partial charge in [0.2, 0.25) is 0 Å². The normalized spacial score (nSPS) is 10.8. The molecule has 0 amide bonds. The number of carbonyl (C=O) groups excluding carboxylic acids is 1. The summed E-state index contributed by atoms with van der Waals surface area (Å²) < 4.78 is 0. The Bertz CT molecular complexity index is 679. The standard InChI is InChI=1S/C20H24O/c1-12-8-7-9-18(10-12)11-19(21)20-16(5)14(3)13(2)15(4)17(20)6/h7-10H,11H2,1-6H3. The maximum atomic E-state index is 12.8. The molecule has 0 fully saturated rings. The van der Waals surface area contributed by atoms with Gasteiger partial charge in [0.05, 0.1) is 0 Å². The zero-order valence-corrected chi connectivity index (χ0v) is 13.9. The number of hydrogen-bond acceptors (Lipinski definition) is 1. The van der Waals surface area contributed by atoms with Gasteiger partial charge in [-0.1, -0.05) is 29.8 Å². The fraction of sp³-hybridized carbons (Fsp3) is 0.350. The van der Waals surface area contributed by atoms with Crippen LogP contribution in [0.15, 0.2) is 24.3 Å². The van der Waals surface area contributed by atoms with E-state index in [2.05, 4.69) is 53.7 Å². The van der Waals surface area contributed by atoms with Crippen LogP contribution in [0.4, 0.5) is 0 Å². The summed E-state index contributed by atoms with van der Waals surface area (Å²) >= 11 is 0. The molecule has 110 valence electrons. The van der Waals surface area contributed by atoms with E-state index in [1.54, 1.807) is 0 Å². The van der Waals surface area contributed by atoms with Crippen LogP contribution in [0, 0.1) is 41.5 Å². The predicted octanol–water partition coefficient (Wildman–Crippen LogP) is 4.96. The number of benzene rings is 2. The van der Waals surface area contributed by atoms with Crippen LogP contribution < -0.4 is 0 Å². The highest BCUT2D eigenvalue weighted by Gasteiger charge is 2.18. The number of ketones is 1. The number of hydrogen-bond donors (Lipinski definition) is 0. The van der Waals surface area contributed by atoms with E-state index < -0.39 is 0 Å². The third-order valence-electron chi connectivity index (χ3n) is 4.73. The van der Waals surface area contributed by atoms with E-state index in [1.807, 2.05) is 12.1 Å². The lowest BCUT2D eigenvalue weighted by Gasteiger charge is -2.18. The predicted molar refractivity (Wildman–Crippen MR) is 89.3 cm³/mol. The molecule has 0 aromatic heterocycles. The van der Waals surface area contributed by atoms with E-state index >= 15 is 0 Å². The molecule has 0 saturated carbocycles. The molecule has 0 aliphatic carbocycles. The molecule has 0 heterocycles. The molecule has 0 atom stereocenters. The largest absolute Gasteiger partial charge is 0.294 e. The molecule has 1 heteroatoms. The summed E-state index contributed by atoms with van der Waals surface area (Å²) in [5.41, 5.74) is 9.26. The van der Waals surface area contributed by atoms with Gasteiger partial charge in [0, 0.05) is 12.0 Å². The molecule has 2 rings (SSSR count). The molecule has 0 N–H and O–H groups in total. The summed E-state index contributed by atoms with van der Waals surface area (Å²) in [6, 6.07) is 8.20. The Kier molecular flexibility index (Phi) is 4.32. The molecule has 2 aromatic carbocycles. The first-order valence-corrected chi connectivity index (χ1v) is 7.48. The number of carbonyl (C=O) groups is 1. The van der Waals surface area contributed by atoms with Gasteiger partial charge in [-0.25, -0.2) is 0 Å². The lowest BCUT2D eigenvalue weighted by molar-refractivity contribution is 0.0991. The first-order chi connectivity index (χ1) is 9.82. The van der Waals surface area contributed by atoms with Gasteiger partial charge < -0.3 is 0 Å². The molecule has 0 aliphatic heterocycles. The molecule has 0 saturated heterocycles. The molecule has 21 heavy (non-hydrogen) atoms. The Hall–Kier alpha value is -1.89. The van der Waals surface area contributed by atoms with E-state index in [4.69, 9.17) is 0 Å². The van der Waals surface area contributed by atoms with Crippen LogP contribution in [0.25, 0.3) is 0 Å². The van der Waals surface area contributed by atoms with Crippen molar-refractivity contribution in [3.05, 3.63) is 68.8 Å². The minimum atomic E-state index is 0.224. The number of Topliss-reactive ketones (excluding diaryl/α,β-unsaturated/α-hetero) is 1. The molecule has 0 aliphatic rings. The third-order valence-corrected chi connectivity index (χ3v) is 4.73. The first-order valence-electron chi connectivity index (χ1n) is 7.48. The van der Waals surface area contributed by atoms with Crippen molar-refractivity contribution in [2.24, 2.45) is 0 Å². The van der Waals surface area contributed by atoms with Crippen LogP contribution in [0.3, 0.4) is 0 Å². The maximum Gasteiger partial charge on any atom is 0.167 e. The van der Waals surface area contributed by atoms with Gasteiger partial charge >= 0.3 is 0 Å². The van der Waals surface area contributed by atoms with Gasteiger partial charge in [-0.2, -0.15) is 0 Å². The molecule has 0 spiro atoms. The summed E-state index contributed by atoms with van der Waals surface area (Å²) in [5.74, 6) is 0.224. The molecule has 1 nitrogen and oxygen atoms in total. The minimum Gasteiger partial charge on any atom is -0.294 e. The quantitative estimate of drug-likeness (QED) is 0.726. The van der Waals surface area contributed by atoms with Crippen molar-refractivity contribution in [1.29, 1.82) is 0 Å². The van der Waals surface area contributed by atoms with Crippen molar-refractivity contribution >= 4 is 5.78 Å². The highest BCUT2D eigenvalue weighted by Crippen LogP contribution is 2.27. The zero-order valence-electron chi connectivity index (χ0n) is 13.9. The van der Waals surface area contributed by atoms with E-state index in [0.717, 1.165) is 22.3 Å². The lowest BCUT2D eigenvalue weighted by atomic mass is 9.86. The van der Waals surface area contributed by atoms with E-state index in [9.17, 15) is 4.79 Å². The average Bonchev–Trinajstić information content (AvgIpc) is 2.43. The second-order valence-corrected chi connectivity index (χ2v) is 6.09. The Morgan fingerprint density at radius 2 is 1.33 bits per heavy atom. The second kappa shape index (κ2) is 5.85.